The molecule has 0 aliphatic carbocycles. The van der Waals surface area contributed by atoms with Crippen LogP contribution in [0.4, 0.5) is 13.2 Å². The second kappa shape index (κ2) is 3.00. The summed E-state index contributed by atoms with van der Waals surface area (Å²) in [5.74, 6) is -1.72. The number of H-pyrrole nitrogens is 1. The van der Waals surface area contributed by atoms with E-state index in [-0.39, 0.29) is 0 Å². The molecule has 1 rings (SSSR count). The van der Waals surface area contributed by atoms with Gasteiger partial charge in [0, 0.05) is 18.8 Å². The smallest absolute Gasteiger partial charge is 0.367 e. The summed E-state index contributed by atoms with van der Waals surface area (Å²) < 4.78 is 35.0. The lowest BCUT2D eigenvalue weighted by Crippen LogP contribution is -2.24. The number of carbonyl (C=O) groups is 1. The third-order valence-corrected chi connectivity index (χ3v) is 1.34. The highest BCUT2D eigenvalue weighted by atomic mass is 19.4. The number of aromatic nitrogens is 1. The van der Waals surface area contributed by atoms with E-state index in [1.54, 1.807) is 0 Å². The molecule has 0 amide bonds. The molecule has 1 aromatic heterocycles. The van der Waals surface area contributed by atoms with E-state index in [4.69, 9.17) is 0 Å². The van der Waals surface area contributed by atoms with E-state index in [1.165, 1.54) is 18.5 Å². The third kappa shape index (κ3) is 2.11. The van der Waals surface area contributed by atoms with Gasteiger partial charge in [0.05, 0.1) is 0 Å². The van der Waals surface area contributed by atoms with Gasteiger partial charge in [0.1, 0.15) is 0 Å². The fourth-order valence-electron chi connectivity index (χ4n) is 0.754. The molecule has 0 fully saturated rings. The first kappa shape index (κ1) is 8.83. The average molecular weight is 177 g/mol. The molecule has 0 saturated heterocycles. The zero-order valence-electron chi connectivity index (χ0n) is 5.98. The topological polar surface area (TPSA) is 32.9 Å². The van der Waals surface area contributed by atoms with Gasteiger partial charge in [-0.2, -0.15) is 13.2 Å². The van der Waals surface area contributed by atoms with Crippen LogP contribution in [0.1, 0.15) is 5.56 Å². The molecule has 0 spiro atoms. The summed E-state index contributed by atoms with van der Waals surface area (Å²) in [5.41, 5.74) is 0.345. The first-order valence-corrected chi connectivity index (χ1v) is 3.22. The summed E-state index contributed by atoms with van der Waals surface area (Å²) in [4.78, 5) is 13.0. The predicted octanol–water partition coefficient (Wildman–Crippen LogP) is 1.69. The van der Waals surface area contributed by atoms with Crippen LogP contribution in [0.2, 0.25) is 0 Å². The maximum atomic E-state index is 11.7. The molecule has 1 heterocycles. The van der Waals surface area contributed by atoms with Gasteiger partial charge in [-0.05, 0) is 11.6 Å². The summed E-state index contributed by atoms with van der Waals surface area (Å²) in [5, 5.41) is 0. The third-order valence-electron chi connectivity index (χ3n) is 1.34. The zero-order chi connectivity index (χ0) is 9.19. The summed E-state index contributed by atoms with van der Waals surface area (Å²) in [7, 11) is 0. The number of Topliss-reactive ketones (excluding diaryl/α,β-unsaturated/α-hetero) is 1. The Morgan fingerprint density at radius 1 is 1.50 bits per heavy atom. The van der Waals surface area contributed by atoms with E-state index in [2.05, 4.69) is 4.98 Å². The number of hydrogen-bond acceptors (Lipinski definition) is 1. The average Bonchev–Trinajstić information content (AvgIpc) is 2.37. The Bertz CT molecular complexity index is 263. The molecule has 0 atom stereocenters. The zero-order valence-corrected chi connectivity index (χ0v) is 5.98. The molecule has 0 unspecified atom stereocenters. The van der Waals surface area contributed by atoms with Crippen molar-refractivity contribution in [2.45, 2.75) is 12.6 Å². The van der Waals surface area contributed by atoms with E-state index < -0.39 is 18.4 Å². The Kier molecular flexibility index (Phi) is 2.21. The van der Waals surface area contributed by atoms with E-state index in [0.717, 1.165) is 0 Å². The molecule has 1 aromatic rings. The van der Waals surface area contributed by atoms with Gasteiger partial charge in [-0.3, -0.25) is 4.79 Å². The first-order chi connectivity index (χ1) is 5.50. The Morgan fingerprint density at radius 2 is 2.17 bits per heavy atom. The van der Waals surface area contributed by atoms with Crippen LogP contribution in [0.3, 0.4) is 0 Å². The van der Waals surface area contributed by atoms with Crippen molar-refractivity contribution in [3.8, 4) is 0 Å². The standard InChI is InChI=1S/C7H6F3NO/c8-7(9,10)6(12)3-5-1-2-11-4-5/h1-2,4,11H,3H2. The molecule has 0 radical (unpaired) electrons. The highest BCUT2D eigenvalue weighted by molar-refractivity contribution is 5.85. The molecule has 5 heteroatoms. The Hall–Kier alpha value is -1.26. The minimum absolute atomic E-state index is 0.345. The summed E-state index contributed by atoms with van der Waals surface area (Å²) in [6.07, 6.45) is -2.48. The van der Waals surface area contributed by atoms with Gasteiger partial charge in [0.15, 0.2) is 0 Å². The number of nitrogens with one attached hydrogen (secondary N) is 1. The summed E-state index contributed by atoms with van der Waals surface area (Å²) in [6.45, 7) is 0. The maximum Gasteiger partial charge on any atom is 0.450 e. The Balaban J connectivity index is 2.60. The number of halogens is 3. The van der Waals surface area contributed by atoms with Crippen LogP contribution in [0.25, 0.3) is 0 Å². The number of rotatable bonds is 2. The van der Waals surface area contributed by atoms with E-state index in [9.17, 15) is 18.0 Å². The van der Waals surface area contributed by atoms with Crippen molar-refractivity contribution in [1.82, 2.24) is 4.98 Å². The fourth-order valence-corrected chi connectivity index (χ4v) is 0.754. The van der Waals surface area contributed by atoms with Crippen molar-refractivity contribution in [1.29, 1.82) is 0 Å². The lowest BCUT2D eigenvalue weighted by atomic mass is 10.2. The molecule has 0 aliphatic heterocycles. The SMILES string of the molecule is O=C(Cc1cc[nH]c1)C(F)(F)F. The molecule has 12 heavy (non-hydrogen) atoms. The van der Waals surface area contributed by atoms with E-state index >= 15 is 0 Å². The van der Waals surface area contributed by atoms with Gasteiger partial charge >= 0.3 is 6.18 Å². The van der Waals surface area contributed by atoms with Crippen LogP contribution in [0.15, 0.2) is 18.5 Å². The van der Waals surface area contributed by atoms with Crippen LogP contribution in [0, 0.1) is 0 Å². The monoisotopic (exact) mass is 177 g/mol. The molecule has 0 bridgehead atoms. The van der Waals surface area contributed by atoms with Crippen molar-refractivity contribution in [2.75, 3.05) is 0 Å². The lowest BCUT2D eigenvalue weighted by Gasteiger charge is -2.02. The van der Waals surface area contributed by atoms with Gasteiger partial charge < -0.3 is 4.98 Å². The number of alkyl halides is 3. The molecule has 1 N–H and O–H groups in total. The van der Waals surface area contributed by atoms with Gasteiger partial charge in [0.25, 0.3) is 0 Å². The number of aromatic amines is 1. The van der Waals surface area contributed by atoms with E-state index in [0.29, 0.717) is 5.56 Å². The van der Waals surface area contributed by atoms with E-state index in [1.807, 2.05) is 0 Å². The molecule has 0 saturated carbocycles. The quantitative estimate of drug-likeness (QED) is 0.732. The second-order valence-corrected chi connectivity index (χ2v) is 2.32. The largest absolute Gasteiger partial charge is 0.450 e. The van der Waals surface area contributed by atoms with Crippen molar-refractivity contribution >= 4 is 5.78 Å². The molecule has 66 valence electrons. The molecular formula is C7H6F3NO. The number of hydrogen-bond donors (Lipinski definition) is 1. The minimum Gasteiger partial charge on any atom is -0.367 e. The number of ketones is 1. The van der Waals surface area contributed by atoms with Gasteiger partial charge in [0.2, 0.25) is 5.78 Å². The Labute approximate surface area is 66.4 Å². The second-order valence-electron chi connectivity index (χ2n) is 2.32. The van der Waals surface area contributed by atoms with Crippen LogP contribution in [-0.4, -0.2) is 16.9 Å². The fraction of sp³-hybridized carbons (Fsp3) is 0.286. The predicted molar refractivity (Wildman–Crippen MR) is 35.6 cm³/mol. The minimum atomic E-state index is -4.72. The number of carbonyl (C=O) groups excluding carboxylic acids is 1. The van der Waals surface area contributed by atoms with Crippen molar-refractivity contribution in [2.24, 2.45) is 0 Å². The van der Waals surface area contributed by atoms with Crippen LogP contribution in [-0.2, 0) is 11.2 Å². The molecule has 0 aliphatic rings. The van der Waals surface area contributed by atoms with Gasteiger partial charge in [-0.25, -0.2) is 0 Å². The summed E-state index contributed by atoms with van der Waals surface area (Å²) >= 11 is 0. The highest BCUT2D eigenvalue weighted by Crippen LogP contribution is 2.18. The van der Waals surface area contributed by atoms with Crippen molar-refractivity contribution in [3.05, 3.63) is 24.0 Å². The van der Waals surface area contributed by atoms with Gasteiger partial charge in [-0.15, -0.1) is 0 Å². The lowest BCUT2D eigenvalue weighted by molar-refractivity contribution is -0.170. The van der Waals surface area contributed by atoms with Crippen molar-refractivity contribution in [3.63, 3.8) is 0 Å². The maximum absolute atomic E-state index is 11.7. The van der Waals surface area contributed by atoms with Crippen LogP contribution in [0.5, 0.6) is 0 Å². The normalized spacial score (nSPS) is 11.6. The highest BCUT2D eigenvalue weighted by Gasteiger charge is 2.37. The molecule has 2 nitrogen and oxygen atoms in total. The van der Waals surface area contributed by atoms with Crippen molar-refractivity contribution < 1.29 is 18.0 Å². The summed E-state index contributed by atoms with van der Waals surface area (Å²) in [6, 6.07) is 1.43. The first-order valence-electron chi connectivity index (χ1n) is 3.22. The Morgan fingerprint density at radius 3 is 2.58 bits per heavy atom. The van der Waals surface area contributed by atoms with Gasteiger partial charge in [-0.1, -0.05) is 0 Å². The van der Waals surface area contributed by atoms with Crippen LogP contribution < -0.4 is 0 Å². The van der Waals surface area contributed by atoms with Crippen LogP contribution >= 0.6 is 0 Å². The molecular weight excluding hydrogens is 171 g/mol. The molecule has 0 aromatic carbocycles.